The average molecular weight is 389 g/mol. The van der Waals surface area contributed by atoms with Crippen molar-refractivity contribution in [2.24, 2.45) is 10.2 Å². The Morgan fingerprint density at radius 1 is 1.12 bits per heavy atom. The molecular formula is C17H15N3O4S2. The normalized spacial score (nSPS) is 16.2. The number of carbonyl (C=O) groups is 1. The van der Waals surface area contributed by atoms with Crippen LogP contribution in [-0.4, -0.2) is 31.5 Å². The van der Waals surface area contributed by atoms with Gasteiger partial charge in [-0.3, -0.25) is 4.79 Å². The first-order valence-corrected chi connectivity index (χ1v) is 9.97. The molecule has 1 aliphatic rings. The summed E-state index contributed by atoms with van der Waals surface area (Å²) in [6, 6.07) is 12.8. The molecule has 0 bridgehead atoms. The molecule has 0 saturated carbocycles. The maximum atomic E-state index is 12.2. The number of hydrogen-bond acceptors (Lipinski definition) is 7. The smallest absolute Gasteiger partial charge is 0.339 e. The molecule has 1 heterocycles. The monoisotopic (exact) mass is 389 g/mol. The quantitative estimate of drug-likeness (QED) is 0.481. The van der Waals surface area contributed by atoms with Crippen molar-refractivity contribution >= 4 is 39.2 Å². The average Bonchev–Trinajstić information content (AvgIpc) is 3.02. The van der Waals surface area contributed by atoms with E-state index in [0.29, 0.717) is 16.5 Å². The van der Waals surface area contributed by atoms with Gasteiger partial charge >= 0.3 is 10.1 Å². The van der Waals surface area contributed by atoms with E-state index in [-0.39, 0.29) is 16.6 Å². The van der Waals surface area contributed by atoms with E-state index in [1.54, 1.807) is 24.3 Å². The Balaban J connectivity index is 1.66. The Labute approximate surface area is 155 Å². The number of hydrogen-bond donors (Lipinski definition) is 1. The first kappa shape index (κ1) is 18.2. The molecule has 1 amide bonds. The van der Waals surface area contributed by atoms with Crippen LogP contribution in [0.1, 0.15) is 11.1 Å². The highest BCUT2D eigenvalue weighted by Gasteiger charge is 2.17. The molecule has 0 radical (unpaired) electrons. The lowest BCUT2D eigenvalue weighted by Crippen LogP contribution is -2.19. The number of amides is 1. The van der Waals surface area contributed by atoms with Gasteiger partial charge in [-0.2, -0.15) is 13.5 Å². The molecule has 0 aliphatic carbocycles. The van der Waals surface area contributed by atoms with E-state index >= 15 is 0 Å². The topological polar surface area (TPSA) is 97.2 Å². The van der Waals surface area contributed by atoms with Gasteiger partial charge in [0.15, 0.2) is 5.17 Å². The summed E-state index contributed by atoms with van der Waals surface area (Å²) in [5.41, 5.74) is 1.68. The lowest BCUT2D eigenvalue weighted by Gasteiger charge is -2.07. The van der Waals surface area contributed by atoms with Gasteiger partial charge < -0.3 is 9.50 Å². The van der Waals surface area contributed by atoms with Gasteiger partial charge in [0, 0.05) is 0 Å². The lowest BCUT2D eigenvalue weighted by molar-refractivity contribution is -0.116. The largest absolute Gasteiger partial charge is 0.379 e. The third-order valence-corrected chi connectivity index (χ3v) is 5.46. The first-order chi connectivity index (χ1) is 12.4. The highest BCUT2D eigenvalue weighted by molar-refractivity contribution is 8.15. The summed E-state index contributed by atoms with van der Waals surface area (Å²) in [5.74, 6) is 0.448. The molecule has 0 spiro atoms. The van der Waals surface area contributed by atoms with Crippen LogP contribution in [0.15, 0.2) is 63.6 Å². The molecule has 3 rings (SSSR count). The molecule has 0 atom stereocenters. The van der Waals surface area contributed by atoms with E-state index in [2.05, 4.69) is 15.5 Å². The van der Waals surface area contributed by atoms with Crippen molar-refractivity contribution in [3.05, 3.63) is 59.7 Å². The van der Waals surface area contributed by atoms with Crippen LogP contribution in [0.5, 0.6) is 5.75 Å². The standard InChI is InChI=1S/C17H15N3O4S2/c1-12-2-8-15(9-3-12)26(22,23)24-14-6-4-13(5-7-14)10-18-20-17-19-16(21)11-25-17/h2-10H,11H2,1H3,(H,19,20,21)/b18-10+. The molecule has 1 aliphatic heterocycles. The van der Waals surface area contributed by atoms with Crippen molar-refractivity contribution in [2.75, 3.05) is 5.75 Å². The third-order valence-electron chi connectivity index (χ3n) is 3.34. The van der Waals surface area contributed by atoms with Crippen LogP contribution in [0, 0.1) is 6.92 Å². The lowest BCUT2D eigenvalue weighted by atomic mass is 10.2. The second-order valence-electron chi connectivity index (χ2n) is 5.41. The van der Waals surface area contributed by atoms with Crippen LogP contribution in [0.25, 0.3) is 0 Å². The molecule has 1 saturated heterocycles. The van der Waals surface area contributed by atoms with Crippen LogP contribution in [0.4, 0.5) is 0 Å². The van der Waals surface area contributed by atoms with Crippen LogP contribution in [0.2, 0.25) is 0 Å². The summed E-state index contributed by atoms with van der Waals surface area (Å²) >= 11 is 1.28. The van der Waals surface area contributed by atoms with Gasteiger partial charge in [0.1, 0.15) is 10.6 Å². The van der Waals surface area contributed by atoms with Gasteiger partial charge in [-0.05, 0) is 48.9 Å². The highest BCUT2D eigenvalue weighted by Crippen LogP contribution is 2.19. The Kier molecular flexibility index (Phi) is 5.38. The van der Waals surface area contributed by atoms with Gasteiger partial charge in [-0.25, -0.2) is 0 Å². The molecule has 9 heteroatoms. The SMILES string of the molecule is Cc1ccc(S(=O)(=O)Oc2ccc(/C=N/N=C3/NC(=O)CS3)cc2)cc1. The zero-order valence-corrected chi connectivity index (χ0v) is 15.4. The first-order valence-electron chi connectivity index (χ1n) is 7.57. The molecular weight excluding hydrogens is 374 g/mol. The van der Waals surface area contributed by atoms with Crippen LogP contribution < -0.4 is 9.50 Å². The van der Waals surface area contributed by atoms with Crippen LogP contribution in [-0.2, 0) is 14.9 Å². The minimum Gasteiger partial charge on any atom is -0.379 e. The summed E-state index contributed by atoms with van der Waals surface area (Å²) in [7, 11) is -3.87. The molecule has 1 N–H and O–H groups in total. The second-order valence-corrected chi connectivity index (χ2v) is 7.92. The molecule has 134 valence electrons. The van der Waals surface area contributed by atoms with Crippen LogP contribution >= 0.6 is 11.8 Å². The van der Waals surface area contributed by atoms with E-state index in [9.17, 15) is 13.2 Å². The zero-order chi connectivity index (χ0) is 18.6. The number of nitrogens with zero attached hydrogens (tertiary/aromatic N) is 2. The molecule has 0 unspecified atom stereocenters. The number of benzene rings is 2. The maximum absolute atomic E-state index is 12.2. The van der Waals surface area contributed by atoms with Crippen molar-refractivity contribution < 1.29 is 17.4 Å². The van der Waals surface area contributed by atoms with Crippen molar-refractivity contribution in [3.8, 4) is 5.75 Å². The number of thioether (sulfide) groups is 1. The summed E-state index contributed by atoms with van der Waals surface area (Å²) in [4.78, 5) is 11.1. The Hall–Kier alpha value is -2.65. The number of carbonyl (C=O) groups excluding carboxylic acids is 1. The second kappa shape index (κ2) is 7.71. The van der Waals surface area contributed by atoms with E-state index in [4.69, 9.17) is 4.18 Å². The van der Waals surface area contributed by atoms with Crippen LogP contribution in [0.3, 0.4) is 0 Å². The summed E-state index contributed by atoms with van der Waals surface area (Å²) in [6.07, 6.45) is 1.50. The minimum absolute atomic E-state index is 0.0970. The molecule has 0 aromatic heterocycles. The fourth-order valence-corrected chi connectivity index (χ4v) is 3.58. The van der Waals surface area contributed by atoms with E-state index in [1.165, 1.54) is 42.2 Å². The Morgan fingerprint density at radius 3 is 2.42 bits per heavy atom. The fraction of sp³-hybridized carbons (Fsp3) is 0.118. The molecule has 1 fully saturated rings. The Bertz CT molecular complexity index is 966. The van der Waals surface area contributed by atoms with Crippen molar-refractivity contribution in [1.82, 2.24) is 5.32 Å². The van der Waals surface area contributed by atoms with E-state index < -0.39 is 10.1 Å². The van der Waals surface area contributed by atoms with Crippen molar-refractivity contribution in [3.63, 3.8) is 0 Å². The Morgan fingerprint density at radius 2 is 1.81 bits per heavy atom. The van der Waals surface area contributed by atoms with Crippen molar-refractivity contribution in [1.29, 1.82) is 0 Å². The number of aryl methyl sites for hydroxylation is 1. The van der Waals surface area contributed by atoms with Crippen molar-refractivity contribution in [2.45, 2.75) is 11.8 Å². The minimum atomic E-state index is -3.87. The van der Waals surface area contributed by atoms with E-state index in [0.717, 1.165) is 5.56 Å². The molecule has 26 heavy (non-hydrogen) atoms. The van der Waals surface area contributed by atoms with Gasteiger partial charge in [-0.15, -0.1) is 5.10 Å². The predicted molar refractivity (Wildman–Crippen MR) is 101 cm³/mol. The van der Waals surface area contributed by atoms with Gasteiger partial charge in [0.2, 0.25) is 5.91 Å². The molecule has 2 aromatic carbocycles. The highest BCUT2D eigenvalue weighted by atomic mass is 32.2. The maximum Gasteiger partial charge on any atom is 0.339 e. The van der Waals surface area contributed by atoms with Gasteiger partial charge in [-0.1, -0.05) is 29.5 Å². The number of nitrogens with one attached hydrogen (secondary N) is 1. The third kappa shape index (κ3) is 4.70. The summed E-state index contributed by atoms with van der Waals surface area (Å²) < 4.78 is 29.6. The number of amidine groups is 1. The summed E-state index contributed by atoms with van der Waals surface area (Å²) in [5, 5.41) is 10.8. The predicted octanol–water partition coefficient (Wildman–Crippen LogP) is 2.32. The van der Waals surface area contributed by atoms with Gasteiger partial charge in [0.05, 0.1) is 12.0 Å². The molecule has 7 nitrogen and oxygen atoms in total. The fourth-order valence-electron chi connectivity index (χ4n) is 2.02. The van der Waals surface area contributed by atoms with E-state index in [1.807, 2.05) is 6.92 Å². The zero-order valence-electron chi connectivity index (χ0n) is 13.7. The molecule has 2 aromatic rings. The number of rotatable bonds is 5. The van der Waals surface area contributed by atoms with Gasteiger partial charge in [0.25, 0.3) is 0 Å². The summed E-state index contributed by atoms with van der Waals surface area (Å²) in [6.45, 7) is 1.88.